The molecule has 0 aliphatic carbocycles. The van der Waals surface area contributed by atoms with Gasteiger partial charge < -0.3 is 25.2 Å². The zero-order valence-corrected chi connectivity index (χ0v) is 16.4. The molecule has 29 heavy (non-hydrogen) atoms. The van der Waals surface area contributed by atoms with Gasteiger partial charge >= 0.3 is 5.97 Å². The van der Waals surface area contributed by atoms with E-state index in [0.717, 1.165) is 10.6 Å². The predicted octanol–water partition coefficient (Wildman–Crippen LogP) is 1.52. The maximum atomic E-state index is 12.0. The molecule has 0 aromatic carbocycles. The lowest BCUT2D eigenvalue weighted by Crippen LogP contribution is -2.44. The number of rotatable bonds is 8. The average molecular weight is 418 g/mol. The van der Waals surface area contributed by atoms with Crippen molar-refractivity contribution in [3.63, 3.8) is 0 Å². The molecule has 4 atom stereocenters. The van der Waals surface area contributed by atoms with Gasteiger partial charge in [0.15, 0.2) is 0 Å². The van der Waals surface area contributed by atoms with Gasteiger partial charge in [0.25, 0.3) is 0 Å². The van der Waals surface area contributed by atoms with E-state index in [9.17, 15) is 9.59 Å². The molecular formula is C19H22N4O5S. The van der Waals surface area contributed by atoms with Crippen molar-refractivity contribution >= 4 is 29.2 Å². The summed E-state index contributed by atoms with van der Waals surface area (Å²) in [4.78, 5) is 32.5. The molecule has 9 nitrogen and oxygen atoms in total. The fourth-order valence-corrected chi connectivity index (χ4v) is 4.28. The largest absolute Gasteiger partial charge is 0.481 e. The van der Waals surface area contributed by atoms with Crippen LogP contribution >= 0.6 is 11.3 Å². The van der Waals surface area contributed by atoms with Crippen molar-refractivity contribution in [1.29, 1.82) is 0 Å². The molecule has 2 aliphatic heterocycles. The highest BCUT2D eigenvalue weighted by Crippen LogP contribution is 2.29. The van der Waals surface area contributed by atoms with Crippen LogP contribution in [0.1, 0.15) is 19.3 Å². The van der Waals surface area contributed by atoms with E-state index in [4.69, 9.17) is 14.6 Å². The average Bonchev–Trinajstić information content (AvgIpc) is 3.42. The van der Waals surface area contributed by atoms with Crippen LogP contribution in [0.2, 0.25) is 0 Å². The molecule has 0 spiro atoms. The lowest BCUT2D eigenvalue weighted by molar-refractivity contribution is -0.137. The van der Waals surface area contributed by atoms with E-state index >= 15 is 0 Å². The molecule has 0 radical (unpaired) electrons. The van der Waals surface area contributed by atoms with Crippen LogP contribution in [0, 0.1) is 0 Å². The topological polar surface area (TPSA) is 123 Å². The highest BCUT2D eigenvalue weighted by molar-refractivity contribution is 7.13. The molecule has 3 N–H and O–H groups in total. The molecule has 1 amide bonds. The first-order chi connectivity index (χ1) is 14.1. The van der Waals surface area contributed by atoms with Gasteiger partial charge in [0, 0.05) is 19.0 Å². The SMILES string of the molecule is O=C(O)CCCC(=O)NC1COC2C(Nc3nccc(-c4cccs4)n3)COC12. The second-order valence-electron chi connectivity index (χ2n) is 7.01. The molecule has 2 saturated heterocycles. The minimum atomic E-state index is -0.902. The van der Waals surface area contributed by atoms with E-state index in [1.807, 2.05) is 23.6 Å². The zero-order valence-electron chi connectivity index (χ0n) is 15.6. The van der Waals surface area contributed by atoms with Crippen molar-refractivity contribution < 1.29 is 24.2 Å². The number of carboxylic acids is 1. The van der Waals surface area contributed by atoms with Crippen molar-refractivity contribution in [1.82, 2.24) is 15.3 Å². The number of amides is 1. The second kappa shape index (κ2) is 8.85. The molecule has 2 aromatic heterocycles. The number of aromatic nitrogens is 2. The second-order valence-corrected chi connectivity index (χ2v) is 7.96. The number of carbonyl (C=O) groups excluding carboxylic acids is 1. The van der Waals surface area contributed by atoms with Gasteiger partial charge in [0.1, 0.15) is 12.2 Å². The van der Waals surface area contributed by atoms with Crippen LogP contribution in [-0.2, 0) is 19.1 Å². The van der Waals surface area contributed by atoms with Crippen molar-refractivity contribution in [3.05, 3.63) is 29.8 Å². The molecule has 0 saturated carbocycles. The molecule has 2 fully saturated rings. The number of carbonyl (C=O) groups is 2. The predicted molar refractivity (Wildman–Crippen MR) is 106 cm³/mol. The Morgan fingerprint density at radius 1 is 1.17 bits per heavy atom. The van der Waals surface area contributed by atoms with Crippen LogP contribution in [-0.4, -0.2) is 64.5 Å². The normalized spacial score (nSPS) is 25.5. The van der Waals surface area contributed by atoms with E-state index < -0.39 is 5.97 Å². The molecule has 4 rings (SSSR count). The summed E-state index contributed by atoms with van der Waals surface area (Å²) in [5, 5.41) is 16.9. The fraction of sp³-hybridized carbons (Fsp3) is 0.474. The maximum Gasteiger partial charge on any atom is 0.303 e. The van der Waals surface area contributed by atoms with Crippen molar-refractivity contribution in [2.45, 2.75) is 43.6 Å². The lowest BCUT2D eigenvalue weighted by Gasteiger charge is -2.18. The van der Waals surface area contributed by atoms with Crippen molar-refractivity contribution in [2.24, 2.45) is 0 Å². The monoisotopic (exact) mass is 418 g/mol. The number of carboxylic acid groups (broad SMARTS) is 1. The van der Waals surface area contributed by atoms with Crippen LogP contribution in [0.4, 0.5) is 5.95 Å². The third kappa shape index (κ3) is 4.72. The zero-order chi connectivity index (χ0) is 20.2. The minimum absolute atomic E-state index is 0.0202. The Morgan fingerprint density at radius 3 is 2.72 bits per heavy atom. The molecule has 10 heteroatoms. The van der Waals surface area contributed by atoms with Crippen LogP contribution in [0.3, 0.4) is 0 Å². The summed E-state index contributed by atoms with van der Waals surface area (Å²) < 4.78 is 11.7. The van der Waals surface area contributed by atoms with Gasteiger partial charge in [-0.2, -0.15) is 0 Å². The highest BCUT2D eigenvalue weighted by atomic mass is 32.1. The number of hydrogen-bond acceptors (Lipinski definition) is 8. The standard InChI is InChI=1S/C19H22N4O5S/c24-15(4-1-5-16(25)26)21-12-9-27-18-13(10-28-17(12)18)23-19-20-7-6-11(22-19)14-3-2-8-29-14/h2-3,6-8,12-13,17-18H,1,4-5,9-10H2,(H,21,24)(H,25,26)(H,20,22,23). The quantitative estimate of drug-likeness (QED) is 0.590. The fourth-order valence-electron chi connectivity index (χ4n) is 3.58. The van der Waals surface area contributed by atoms with Crippen molar-refractivity contribution in [2.75, 3.05) is 18.5 Å². The maximum absolute atomic E-state index is 12.0. The molecule has 2 aromatic rings. The Bertz CT molecular complexity index is 862. The molecule has 2 aliphatic rings. The Labute approximate surface area is 171 Å². The van der Waals surface area contributed by atoms with Gasteiger partial charge in [0.2, 0.25) is 11.9 Å². The van der Waals surface area contributed by atoms with E-state index in [2.05, 4.69) is 20.6 Å². The summed E-state index contributed by atoms with van der Waals surface area (Å²) in [7, 11) is 0. The lowest BCUT2D eigenvalue weighted by atomic mass is 10.1. The van der Waals surface area contributed by atoms with Crippen LogP contribution in [0.25, 0.3) is 10.6 Å². The summed E-state index contributed by atoms with van der Waals surface area (Å²) in [6, 6.07) is 5.49. The summed E-state index contributed by atoms with van der Waals surface area (Å²) >= 11 is 1.62. The van der Waals surface area contributed by atoms with Gasteiger partial charge in [-0.1, -0.05) is 6.07 Å². The molecule has 4 heterocycles. The molecular weight excluding hydrogens is 396 g/mol. The number of thiophene rings is 1. The number of anilines is 1. The Hall–Kier alpha value is -2.56. The number of nitrogens with one attached hydrogen (secondary N) is 2. The Morgan fingerprint density at radius 2 is 1.97 bits per heavy atom. The van der Waals surface area contributed by atoms with E-state index in [-0.39, 0.29) is 43.0 Å². The summed E-state index contributed by atoms with van der Waals surface area (Å²) in [5.41, 5.74) is 0.854. The van der Waals surface area contributed by atoms with E-state index in [1.54, 1.807) is 17.5 Å². The first kappa shape index (κ1) is 19.7. The summed E-state index contributed by atoms with van der Waals surface area (Å²) in [5.74, 6) is -0.581. The molecule has 154 valence electrons. The van der Waals surface area contributed by atoms with E-state index in [0.29, 0.717) is 25.6 Å². The van der Waals surface area contributed by atoms with Gasteiger partial charge in [-0.15, -0.1) is 11.3 Å². The highest BCUT2D eigenvalue weighted by Gasteiger charge is 2.48. The van der Waals surface area contributed by atoms with Gasteiger partial charge in [0.05, 0.1) is 35.9 Å². The summed E-state index contributed by atoms with van der Waals surface area (Å²) in [6.45, 7) is 0.779. The number of hydrogen-bond donors (Lipinski definition) is 3. The van der Waals surface area contributed by atoms with Gasteiger partial charge in [-0.3, -0.25) is 9.59 Å². The van der Waals surface area contributed by atoms with Crippen LogP contribution in [0.5, 0.6) is 0 Å². The molecule has 4 unspecified atom stereocenters. The first-order valence-electron chi connectivity index (χ1n) is 9.48. The number of aliphatic carboxylic acids is 1. The van der Waals surface area contributed by atoms with Crippen molar-refractivity contribution in [3.8, 4) is 10.6 Å². The third-order valence-electron chi connectivity index (χ3n) is 4.94. The van der Waals surface area contributed by atoms with Gasteiger partial charge in [-0.25, -0.2) is 9.97 Å². The Balaban J connectivity index is 1.32. The van der Waals surface area contributed by atoms with Crippen LogP contribution in [0.15, 0.2) is 29.8 Å². The number of fused-ring (bicyclic) bond motifs is 1. The first-order valence-corrected chi connectivity index (χ1v) is 10.4. The summed E-state index contributed by atoms with van der Waals surface area (Å²) in [6.07, 6.45) is 1.71. The number of ether oxygens (including phenoxy) is 2. The Kier molecular flexibility index (Phi) is 6.02. The van der Waals surface area contributed by atoms with Gasteiger partial charge in [-0.05, 0) is 23.9 Å². The molecule has 0 bridgehead atoms. The number of nitrogens with zero attached hydrogens (tertiary/aromatic N) is 2. The smallest absolute Gasteiger partial charge is 0.303 e. The minimum Gasteiger partial charge on any atom is -0.481 e. The third-order valence-corrected chi connectivity index (χ3v) is 5.83. The van der Waals surface area contributed by atoms with E-state index in [1.165, 1.54) is 0 Å². The van der Waals surface area contributed by atoms with Crippen LogP contribution < -0.4 is 10.6 Å².